The monoisotopic (exact) mass is 478 g/mol. The van der Waals surface area contributed by atoms with E-state index < -0.39 is 41.6 Å². The molecule has 1 aliphatic rings. The first-order valence-electron chi connectivity index (χ1n) is 11.1. The fourth-order valence-corrected chi connectivity index (χ4v) is 3.63. The molecule has 0 spiro atoms. The first-order chi connectivity index (χ1) is 16.1. The molecule has 1 atom stereocenters. The number of hydrogen-bond donors (Lipinski definition) is 2. The summed E-state index contributed by atoms with van der Waals surface area (Å²) >= 11 is 0. The molecular formula is C23H29F3N6O2. The van der Waals surface area contributed by atoms with Crippen LogP contribution >= 0.6 is 0 Å². The highest BCUT2D eigenvalue weighted by atomic mass is 19.2. The van der Waals surface area contributed by atoms with Gasteiger partial charge in [-0.15, -0.1) is 0 Å². The Hall–Kier alpha value is -3.21. The van der Waals surface area contributed by atoms with Gasteiger partial charge in [-0.1, -0.05) is 13.8 Å². The summed E-state index contributed by atoms with van der Waals surface area (Å²) in [5.74, 6) is -3.75. The molecule has 2 aromatic rings. The zero-order chi connectivity index (χ0) is 25.0. The molecule has 34 heavy (non-hydrogen) atoms. The number of hydrogen-bond acceptors (Lipinski definition) is 6. The van der Waals surface area contributed by atoms with E-state index in [1.54, 1.807) is 6.92 Å². The number of halogens is 3. The molecule has 2 amide bonds. The average Bonchev–Trinajstić information content (AvgIpc) is 2.82. The van der Waals surface area contributed by atoms with Crippen LogP contribution in [0.2, 0.25) is 0 Å². The number of carbonyl (C=O) groups excluding carboxylic acids is 2. The van der Waals surface area contributed by atoms with Gasteiger partial charge in [-0.2, -0.15) is 0 Å². The van der Waals surface area contributed by atoms with Crippen molar-refractivity contribution in [2.75, 3.05) is 42.9 Å². The summed E-state index contributed by atoms with van der Waals surface area (Å²) in [4.78, 5) is 37.9. The van der Waals surface area contributed by atoms with Crippen LogP contribution in [0.15, 0.2) is 18.2 Å². The van der Waals surface area contributed by atoms with Gasteiger partial charge in [0.2, 0.25) is 11.8 Å². The van der Waals surface area contributed by atoms with Gasteiger partial charge < -0.3 is 15.5 Å². The molecule has 0 radical (unpaired) electrons. The summed E-state index contributed by atoms with van der Waals surface area (Å²) in [5.41, 5.74) is 0.410. The van der Waals surface area contributed by atoms with Crippen LogP contribution in [0, 0.1) is 24.4 Å². The van der Waals surface area contributed by atoms with Crippen LogP contribution in [-0.2, 0) is 9.59 Å². The Morgan fingerprint density at radius 1 is 1.03 bits per heavy atom. The van der Waals surface area contributed by atoms with Crippen LogP contribution in [0.4, 0.5) is 24.7 Å². The molecule has 2 N–H and O–H groups in total. The Balaban J connectivity index is 1.49. The lowest BCUT2D eigenvalue weighted by atomic mass is 10.2. The van der Waals surface area contributed by atoms with Gasteiger partial charge in [0.1, 0.15) is 11.6 Å². The predicted molar refractivity (Wildman–Crippen MR) is 122 cm³/mol. The van der Waals surface area contributed by atoms with Crippen molar-refractivity contribution in [2.45, 2.75) is 39.7 Å². The van der Waals surface area contributed by atoms with Gasteiger partial charge in [-0.3, -0.25) is 14.5 Å². The minimum absolute atomic E-state index is 0.222. The van der Waals surface area contributed by atoms with E-state index in [1.807, 2.05) is 31.7 Å². The maximum Gasteiger partial charge on any atom is 0.243 e. The lowest BCUT2D eigenvalue weighted by molar-refractivity contribution is -0.128. The maximum absolute atomic E-state index is 13.7. The second kappa shape index (κ2) is 10.8. The van der Waals surface area contributed by atoms with E-state index in [2.05, 4.69) is 25.5 Å². The number of amides is 2. The van der Waals surface area contributed by atoms with Crippen LogP contribution < -0.4 is 15.5 Å². The predicted octanol–water partition coefficient (Wildman–Crippen LogP) is 2.59. The van der Waals surface area contributed by atoms with Gasteiger partial charge in [-0.05, 0) is 26.0 Å². The second-order valence-corrected chi connectivity index (χ2v) is 8.57. The number of aryl methyl sites for hydroxylation is 1. The fourth-order valence-electron chi connectivity index (χ4n) is 3.63. The first kappa shape index (κ1) is 25.4. The minimum Gasteiger partial charge on any atom is -0.354 e. The average molecular weight is 479 g/mol. The molecule has 1 aliphatic heterocycles. The molecular weight excluding hydrogens is 449 g/mol. The van der Waals surface area contributed by atoms with Crippen molar-refractivity contribution < 1.29 is 22.8 Å². The number of rotatable bonds is 7. The Morgan fingerprint density at radius 3 is 2.35 bits per heavy atom. The van der Waals surface area contributed by atoms with Crippen LogP contribution in [0.3, 0.4) is 0 Å². The third-order valence-corrected chi connectivity index (χ3v) is 5.67. The smallest absolute Gasteiger partial charge is 0.243 e. The quantitative estimate of drug-likeness (QED) is 0.595. The molecule has 11 heteroatoms. The van der Waals surface area contributed by atoms with Crippen molar-refractivity contribution >= 4 is 23.3 Å². The fraction of sp³-hybridized carbons (Fsp3) is 0.478. The van der Waals surface area contributed by atoms with E-state index in [0.717, 1.165) is 23.4 Å². The molecule has 8 nitrogen and oxygen atoms in total. The SMILES string of the molecule is Cc1cc(N2CCN(C(C)C(=O)NCC(=O)Nc3ccc(F)c(F)c3F)CC2)nc(C(C)C)n1. The third-order valence-electron chi connectivity index (χ3n) is 5.67. The number of nitrogens with zero attached hydrogens (tertiary/aromatic N) is 4. The van der Waals surface area contributed by atoms with Crippen LogP contribution in [-0.4, -0.2) is 65.4 Å². The zero-order valence-electron chi connectivity index (χ0n) is 19.7. The lowest BCUT2D eigenvalue weighted by Crippen LogP contribution is -2.54. The Morgan fingerprint density at radius 2 is 1.71 bits per heavy atom. The molecule has 184 valence electrons. The van der Waals surface area contributed by atoms with E-state index in [4.69, 9.17) is 0 Å². The van der Waals surface area contributed by atoms with Gasteiger partial charge in [0.05, 0.1) is 18.3 Å². The highest BCUT2D eigenvalue weighted by molar-refractivity contribution is 5.95. The molecule has 1 unspecified atom stereocenters. The maximum atomic E-state index is 13.7. The summed E-state index contributed by atoms with van der Waals surface area (Å²) < 4.78 is 40.0. The molecule has 1 saturated heterocycles. The van der Waals surface area contributed by atoms with E-state index in [1.165, 1.54) is 0 Å². The third kappa shape index (κ3) is 6.02. The number of nitrogens with one attached hydrogen (secondary N) is 2. The number of carbonyl (C=O) groups is 2. The summed E-state index contributed by atoms with van der Waals surface area (Å²) in [5, 5.41) is 4.62. The van der Waals surface area contributed by atoms with Crippen LogP contribution in [0.25, 0.3) is 0 Å². The van der Waals surface area contributed by atoms with Crippen molar-refractivity contribution in [2.24, 2.45) is 0 Å². The lowest BCUT2D eigenvalue weighted by Gasteiger charge is -2.38. The molecule has 1 fully saturated rings. The summed E-state index contributed by atoms with van der Waals surface area (Å²) in [6.45, 7) is 9.96. The summed E-state index contributed by atoms with van der Waals surface area (Å²) in [6, 6.07) is 3.08. The zero-order valence-corrected chi connectivity index (χ0v) is 19.7. The largest absolute Gasteiger partial charge is 0.354 e. The standard InChI is InChI=1S/C23H29F3N6O2/c1-13(2)22-28-14(3)11-18(30-22)32-9-7-31(8-10-32)15(4)23(34)27-12-19(33)29-17-6-5-16(24)20(25)21(17)26/h5-6,11,13,15H,7-10,12H2,1-4H3,(H,27,34)(H,29,33). The molecule has 0 saturated carbocycles. The van der Waals surface area contributed by atoms with Gasteiger partial charge in [0, 0.05) is 43.9 Å². The molecule has 1 aromatic heterocycles. The topological polar surface area (TPSA) is 90.5 Å². The van der Waals surface area contributed by atoms with Gasteiger partial charge in [-0.25, -0.2) is 23.1 Å². The Kier molecular flexibility index (Phi) is 8.08. The van der Waals surface area contributed by atoms with Crippen LogP contribution in [0.1, 0.15) is 38.2 Å². The van der Waals surface area contributed by atoms with Crippen molar-refractivity contribution in [1.29, 1.82) is 0 Å². The highest BCUT2D eigenvalue weighted by Crippen LogP contribution is 2.20. The van der Waals surface area contributed by atoms with Crippen molar-refractivity contribution in [1.82, 2.24) is 20.2 Å². The van der Waals surface area contributed by atoms with Crippen molar-refractivity contribution in [3.05, 3.63) is 47.2 Å². The van der Waals surface area contributed by atoms with Crippen molar-refractivity contribution in [3.63, 3.8) is 0 Å². The number of benzene rings is 1. The number of piperazine rings is 1. The van der Waals surface area contributed by atoms with Gasteiger partial charge in [0.25, 0.3) is 0 Å². The Labute approximate surface area is 196 Å². The van der Waals surface area contributed by atoms with E-state index in [-0.39, 0.29) is 11.8 Å². The van der Waals surface area contributed by atoms with E-state index in [0.29, 0.717) is 32.2 Å². The molecule has 0 bridgehead atoms. The molecule has 0 aliphatic carbocycles. The molecule has 3 rings (SSSR count). The van der Waals surface area contributed by atoms with E-state index in [9.17, 15) is 22.8 Å². The Bertz CT molecular complexity index is 1060. The highest BCUT2D eigenvalue weighted by Gasteiger charge is 2.27. The first-order valence-corrected chi connectivity index (χ1v) is 11.1. The van der Waals surface area contributed by atoms with Gasteiger partial charge in [0.15, 0.2) is 17.5 Å². The number of aromatic nitrogens is 2. The minimum atomic E-state index is -1.67. The van der Waals surface area contributed by atoms with Gasteiger partial charge >= 0.3 is 0 Å². The molecule has 2 heterocycles. The summed E-state index contributed by atoms with van der Waals surface area (Å²) in [6.07, 6.45) is 0. The normalized spacial score (nSPS) is 15.4. The van der Waals surface area contributed by atoms with E-state index >= 15 is 0 Å². The summed E-state index contributed by atoms with van der Waals surface area (Å²) in [7, 11) is 0. The number of anilines is 2. The van der Waals surface area contributed by atoms with Crippen LogP contribution in [0.5, 0.6) is 0 Å². The van der Waals surface area contributed by atoms with Crippen molar-refractivity contribution in [3.8, 4) is 0 Å². The second-order valence-electron chi connectivity index (χ2n) is 8.57. The molecule has 1 aromatic carbocycles.